The number of hydrogen-bond donors (Lipinski definition) is 1. The summed E-state index contributed by atoms with van der Waals surface area (Å²) in [5, 5.41) is 2.11. The average Bonchev–Trinajstić information content (AvgIpc) is 3.31. The number of piperazine rings is 1. The Kier molecular flexibility index (Phi) is 5.34. The zero-order valence-corrected chi connectivity index (χ0v) is 19.6. The number of carbonyl (C=O) groups excluding carboxylic acids is 1. The van der Waals surface area contributed by atoms with Gasteiger partial charge in [-0.05, 0) is 24.3 Å². The van der Waals surface area contributed by atoms with Crippen molar-refractivity contribution in [3.8, 4) is 17.0 Å². The molecule has 0 unspecified atom stereocenters. The van der Waals surface area contributed by atoms with Crippen LogP contribution in [0.2, 0.25) is 0 Å². The van der Waals surface area contributed by atoms with Crippen LogP contribution in [0.5, 0.6) is 5.75 Å². The van der Waals surface area contributed by atoms with E-state index in [0.717, 1.165) is 57.6 Å². The van der Waals surface area contributed by atoms with Crippen LogP contribution >= 0.6 is 0 Å². The molecule has 3 heterocycles. The van der Waals surface area contributed by atoms with Crippen LogP contribution in [0.15, 0.2) is 84.9 Å². The average molecular weight is 463 g/mol. The minimum Gasteiger partial charge on any atom is -0.495 e. The Morgan fingerprint density at radius 3 is 2.37 bits per heavy atom. The smallest absolute Gasteiger partial charge is 0.272 e. The van der Waals surface area contributed by atoms with Gasteiger partial charge < -0.3 is 19.5 Å². The Morgan fingerprint density at radius 2 is 1.57 bits per heavy atom. The molecule has 1 aliphatic rings. The van der Waals surface area contributed by atoms with Gasteiger partial charge in [-0.2, -0.15) is 0 Å². The Balaban J connectivity index is 1.35. The number of rotatable bonds is 4. The number of amides is 1. The molecule has 0 spiro atoms. The third-order valence-corrected chi connectivity index (χ3v) is 6.76. The number of nitrogens with zero attached hydrogens (tertiary/aromatic N) is 3. The van der Waals surface area contributed by atoms with Gasteiger partial charge in [-0.25, -0.2) is 4.98 Å². The third kappa shape index (κ3) is 3.77. The second-order valence-electron chi connectivity index (χ2n) is 8.77. The number of benzene rings is 3. The van der Waals surface area contributed by atoms with Crippen LogP contribution in [0.3, 0.4) is 0 Å². The second kappa shape index (κ2) is 8.80. The summed E-state index contributed by atoms with van der Waals surface area (Å²) in [6.07, 6.45) is 0. The lowest BCUT2D eigenvalue weighted by atomic mass is 10.1. The Morgan fingerprint density at radius 1 is 0.857 bits per heavy atom. The van der Waals surface area contributed by atoms with Gasteiger partial charge in [0, 0.05) is 48.0 Å². The summed E-state index contributed by atoms with van der Waals surface area (Å²) in [6.45, 7) is 2.75. The quantitative estimate of drug-likeness (QED) is 0.391. The summed E-state index contributed by atoms with van der Waals surface area (Å²) < 4.78 is 5.53. The van der Waals surface area contributed by atoms with Gasteiger partial charge >= 0.3 is 0 Å². The summed E-state index contributed by atoms with van der Waals surface area (Å²) >= 11 is 0. The number of aromatic amines is 1. The molecule has 0 atom stereocenters. The predicted molar refractivity (Wildman–Crippen MR) is 140 cm³/mol. The van der Waals surface area contributed by atoms with E-state index in [9.17, 15) is 4.79 Å². The van der Waals surface area contributed by atoms with E-state index in [4.69, 9.17) is 9.72 Å². The molecule has 174 valence electrons. The van der Waals surface area contributed by atoms with E-state index in [0.29, 0.717) is 18.8 Å². The van der Waals surface area contributed by atoms with E-state index >= 15 is 0 Å². The van der Waals surface area contributed by atoms with Crippen molar-refractivity contribution in [3.63, 3.8) is 0 Å². The second-order valence-corrected chi connectivity index (χ2v) is 8.77. The van der Waals surface area contributed by atoms with Crippen LogP contribution in [-0.4, -0.2) is 54.1 Å². The van der Waals surface area contributed by atoms with Gasteiger partial charge in [0.2, 0.25) is 0 Å². The first-order chi connectivity index (χ1) is 17.2. The Labute approximate surface area is 203 Å². The number of fused-ring (bicyclic) bond motifs is 3. The van der Waals surface area contributed by atoms with E-state index in [1.54, 1.807) is 7.11 Å². The van der Waals surface area contributed by atoms with Gasteiger partial charge in [-0.3, -0.25) is 4.79 Å². The Hall–Kier alpha value is -4.32. The fourth-order valence-electron chi connectivity index (χ4n) is 4.96. The SMILES string of the molecule is COc1ccccc1N1CCN(C(=O)c2cc3c([nH]c4ccccc43)c(-c3ccccc3)n2)CC1. The van der Waals surface area contributed by atoms with Gasteiger partial charge in [-0.15, -0.1) is 0 Å². The molecule has 1 aliphatic heterocycles. The van der Waals surface area contributed by atoms with Crippen LogP contribution in [-0.2, 0) is 0 Å². The number of ether oxygens (including phenoxy) is 1. The monoisotopic (exact) mass is 462 g/mol. The lowest BCUT2D eigenvalue weighted by Crippen LogP contribution is -2.49. The minimum atomic E-state index is -0.0333. The van der Waals surface area contributed by atoms with Gasteiger partial charge in [0.25, 0.3) is 5.91 Å². The van der Waals surface area contributed by atoms with E-state index in [1.165, 1.54) is 0 Å². The number of aromatic nitrogens is 2. The number of nitrogens with one attached hydrogen (secondary N) is 1. The summed E-state index contributed by atoms with van der Waals surface area (Å²) in [5.41, 5.74) is 5.32. The van der Waals surface area contributed by atoms with E-state index in [1.807, 2.05) is 71.6 Å². The molecule has 35 heavy (non-hydrogen) atoms. The van der Waals surface area contributed by atoms with Crippen molar-refractivity contribution in [2.75, 3.05) is 38.2 Å². The molecule has 0 radical (unpaired) electrons. The first-order valence-corrected chi connectivity index (χ1v) is 11.9. The third-order valence-electron chi connectivity index (χ3n) is 6.76. The van der Waals surface area contributed by atoms with Crippen molar-refractivity contribution in [2.45, 2.75) is 0 Å². The van der Waals surface area contributed by atoms with Gasteiger partial charge in [0.15, 0.2) is 0 Å². The van der Waals surface area contributed by atoms with Crippen molar-refractivity contribution in [1.82, 2.24) is 14.9 Å². The fraction of sp³-hybridized carbons (Fsp3) is 0.172. The largest absolute Gasteiger partial charge is 0.495 e. The lowest BCUT2D eigenvalue weighted by molar-refractivity contribution is 0.0741. The van der Waals surface area contributed by atoms with Gasteiger partial charge in [0.1, 0.15) is 11.4 Å². The fourth-order valence-corrected chi connectivity index (χ4v) is 4.96. The topological polar surface area (TPSA) is 61.5 Å². The molecule has 2 aromatic heterocycles. The van der Waals surface area contributed by atoms with E-state index in [2.05, 4.69) is 28.1 Å². The molecular formula is C29H26N4O2. The van der Waals surface area contributed by atoms with Gasteiger partial charge in [0.05, 0.1) is 24.0 Å². The van der Waals surface area contributed by atoms with E-state index in [-0.39, 0.29) is 5.91 Å². The molecule has 1 fully saturated rings. The zero-order valence-electron chi connectivity index (χ0n) is 19.6. The maximum Gasteiger partial charge on any atom is 0.272 e. The Bertz CT molecular complexity index is 1520. The summed E-state index contributed by atoms with van der Waals surface area (Å²) in [4.78, 5) is 26.2. The van der Waals surface area contributed by atoms with Crippen LogP contribution in [0, 0.1) is 0 Å². The molecule has 6 rings (SSSR count). The highest BCUT2D eigenvalue weighted by Gasteiger charge is 2.26. The molecule has 1 N–H and O–H groups in total. The number of hydrogen-bond acceptors (Lipinski definition) is 4. The molecule has 6 nitrogen and oxygen atoms in total. The van der Waals surface area contributed by atoms with Gasteiger partial charge in [-0.1, -0.05) is 60.7 Å². The van der Waals surface area contributed by atoms with Crippen LogP contribution < -0.4 is 9.64 Å². The molecular weight excluding hydrogens is 436 g/mol. The van der Waals surface area contributed by atoms with Crippen molar-refractivity contribution < 1.29 is 9.53 Å². The maximum absolute atomic E-state index is 13.7. The highest BCUT2D eigenvalue weighted by atomic mass is 16.5. The number of anilines is 1. The van der Waals surface area contributed by atoms with Crippen LogP contribution in [0.1, 0.15) is 10.5 Å². The molecule has 1 amide bonds. The summed E-state index contributed by atoms with van der Waals surface area (Å²) in [5.74, 6) is 0.820. The maximum atomic E-state index is 13.7. The van der Waals surface area contributed by atoms with Crippen LogP contribution in [0.25, 0.3) is 33.1 Å². The van der Waals surface area contributed by atoms with E-state index < -0.39 is 0 Å². The van der Waals surface area contributed by atoms with Crippen molar-refractivity contribution >= 4 is 33.4 Å². The zero-order chi connectivity index (χ0) is 23.8. The normalized spacial score (nSPS) is 14.0. The molecule has 0 bridgehead atoms. The molecule has 5 aromatic rings. The molecule has 3 aromatic carbocycles. The standard InChI is InChI=1S/C29H26N4O2/c1-35-26-14-8-7-13-25(26)32-15-17-33(18-16-32)29(34)24-19-22-21-11-5-6-12-23(21)30-28(22)27(31-24)20-9-3-2-4-10-20/h2-14,19,30H,15-18H2,1H3. The summed E-state index contributed by atoms with van der Waals surface area (Å²) in [7, 11) is 1.69. The molecule has 0 aliphatic carbocycles. The van der Waals surface area contributed by atoms with Crippen molar-refractivity contribution in [1.29, 1.82) is 0 Å². The lowest BCUT2D eigenvalue weighted by Gasteiger charge is -2.36. The molecule has 0 saturated carbocycles. The number of para-hydroxylation sites is 3. The first-order valence-electron chi connectivity index (χ1n) is 11.9. The van der Waals surface area contributed by atoms with Crippen molar-refractivity contribution in [2.24, 2.45) is 0 Å². The number of carbonyl (C=O) groups is 1. The minimum absolute atomic E-state index is 0.0333. The molecule has 1 saturated heterocycles. The first kappa shape index (κ1) is 21.2. The number of methoxy groups -OCH3 is 1. The van der Waals surface area contributed by atoms with Crippen molar-refractivity contribution in [3.05, 3.63) is 90.6 Å². The number of H-pyrrole nitrogens is 1. The highest BCUT2D eigenvalue weighted by Crippen LogP contribution is 2.33. The molecule has 6 heteroatoms. The highest BCUT2D eigenvalue weighted by molar-refractivity contribution is 6.13. The number of pyridine rings is 1. The summed E-state index contributed by atoms with van der Waals surface area (Å²) in [6, 6.07) is 28.2. The van der Waals surface area contributed by atoms with Crippen LogP contribution in [0.4, 0.5) is 5.69 Å². The predicted octanol–water partition coefficient (Wildman–Crippen LogP) is 5.35.